The monoisotopic (exact) mass is 260 g/mol. The van der Waals surface area contributed by atoms with E-state index in [9.17, 15) is 4.79 Å². The zero-order valence-corrected chi connectivity index (χ0v) is 11.7. The van der Waals surface area contributed by atoms with E-state index in [0.29, 0.717) is 6.54 Å². The van der Waals surface area contributed by atoms with Crippen LogP contribution in [-0.2, 0) is 4.79 Å². The van der Waals surface area contributed by atoms with E-state index in [4.69, 9.17) is 0 Å². The Balaban J connectivity index is 1.67. The van der Waals surface area contributed by atoms with Crippen LogP contribution < -0.4 is 10.6 Å². The van der Waals surface area contributed by atoms with Crippen LogP contribution in [0.1, 0.15) is 37.7 Å². The maximum absolute atomic E-state index is 11.8. The molecule has 0 spiro atoms. The number of hydrogen-bond acceptors (Lipinski definition) is 2. The van der Waals surface area contributed by atoms with Gasteiger partial charge >= 0.3 is 0 Å². The molecule has 1 saturated carbocycles. The van der Waals surface area contributed by atoms with Crippen molar-refractivity contribution in [2.45, 2.75) is 39.0 Å². The Morgan fingerprint density at radius 1 is 1.26 bits per heavy atom. The zero-order valence-electron chi connectivity index (χ0n) is 11.7. The zero-order chi connectivity index (χ0) is 13.5. The molecule has 104 valence electrons. The first kappa shape index (κ1) is 14.1. The van der Waals surface area contributed by atoms with Gasteiger partial charge in [-0.05, 0) is 49.9 Å². The van der Waals surface area contributed by atoms with Crippen molar-refractivity contribution in [2.24, 2.45) is 5.92 Å². The van der Waals surface area contributed by atoms with Crippen molar-refractivity contribution in [2.75, 3.05) is 18.4 Å². The van der Waals surface area contributed by atoms with E-state index in [1.807, 2.05) is 31.2 Å². The van der Waals surface area contributed by atoms with Crippen LogP contribution >= 0.6 is 0 Å². The third-order valence-corrected chi connectivity index (χ3v) is 3.75. The molecule has 0 bridgehead atoms. The minimum Gasteiger partial charge on any atom is -0.325 e. The fourth-order valence-electron chi connectivity index (χ4n) is 2.71. The Morgan fingerprint density at radius 3 is 2.79 bits per heavy atom. The molecule has 0 atom stereocenters. The van der Waals surface area contributed by atoms with E-state index in [1.54, 1.807) is 0 Å². The molecule has 1 amide bonds. The number of carbonyl (C=O) groups excluding carboxylic acids is 1. The molecule has 1 aliphatic carbocycles. The van der Waals surface area contributed by atoms with Crippen molar-refractivity contribution in [3.63, 3.8) is 0 Å². The molecule has 1 fully saturated rings. The predicted molar refractivity (Wildman–Crippen MR) is 79.3 cm³/mol. The smallest absolute Gasteiger partial charge is 0.238 e. The molecule has 0 unspecified atom stereocenters. The molecule has 2 rings (SSSR count). The molecule has 1 aliphatic rings. The summed E-state index contributed by atoms with van der Waals surface area (Å²) in [4.78, 5) is 11.8. The number of aryl methyl sites for hydroxylation is 1. The molecule has 1 aromatic rings. The second-order valence-corrected chi connectivity index (χ2v) is 5.55. The number of amides is 1. The molecule has 0 aliphatic heterocycles. The lowest BCUT2D eigenvalue weighted by Crippen LogP contribution is -2.32. The van der Waals surface area contributed by atoms with Crippen LogP contribution in [-0.4, -0.2) is 19.0 Å². The maximum Gasteiger partial charge on any atom is 0.238 e. The van der Waals surface area contributed by atoms with Gasteiger partial charge in [-0.3, -0.25) is 4.79 Å². The lowest BCUT2D eigenvalue weighted by molar-refractivity contribution is -0.115. The average Bonchev–Trinajstić information content (AvgIpc) is 2.40. The van der Waals surface area contributed by atoms with Crippen molar-refractivity contribution in [3.8, 4) is 0 Å². The number of rotatable bonds is 5. The quantitative estimate of drug-likeness (QED) is 0.854. The van der Waals surface area contributed by atoms with Crippen molar-refractivity contribution in [1.82, 2.24) is 5.32 Å². The fraction of sp³-hybridized carbons (Fsp3) is 0.562. The minimum atomic E-state index is 0.0430. The maximum atomic E-state index is 11.8. The Bertz CT molecular complexity index is 411. The minimum absolute atomic E-state index is 0.0430. The summed E-state index contributed by atoms with van der Waals surface area (Å²) >= 11 is 0. The molecule has 0 radical (unpaired) electrons. The summed E-state index contributed by atoms with van der Waals surface area (Å²) in [5.41, 5.74) is 2.04. The molecule has 0 heterocycles. The van der Waals surface area contributed by atoms with Crippen molar-refractivity contribution >= 4 is 11.6 Å². The van der Waals surface area contributed by atoms with Crippen LogP contribution in [0.3, 0.4) is 0 Å². The highest BCUT2D eigenvalue weighted by Gasteiger charge is 2.13. The third kappa shape index (κ3) is 5.03. The number of benzene rings is 1. The van der Waals surface area contributed by atoms with Crippen molar-refractivity contribution < 1.29 is 4.79 Å². The van der Waals surface area contributed by atoms with E-state index in [0.717, 1.165) is 23.7 Å². The standard InChI is InChI=1S/C16H24N2O/c1-13-6-5-9-15(10-13)18-16(19)12-17-11-14-7-3-2-4-8-14/h5-6,9-10,14,17H,2-4,7-8,11-12H2,1H3,(H,18,19). The molecule has 3 nitrogen and oxygen atoms in total. The summed E-state index contributed by atoms with van der Waals surface area (Å²) in [5.74, 6) is 0.807. The Kier molecular flexibility index (Phi) is 5.40. The van der Waals surface area contributed by atoms with Crippen molar-refractivity contribution in [3.05, 3.63) is 29.8 Å². The van der Waals surface area contributed by atoms with Gasteiger partial charge in [0.05, 0.1) is 6.54 Å². The van der Waals surface area contributed by atoms with Gasteiger partial charge in [-0.2, -0.15) is 0 Å². The molecular formula is C16H24N2O. The summed E-state index contributed by atoms with van der Waals surface area (Å²) in [6, 6.07) is 7.89. The van der Waals surface area contributed by atoms with Crippen LogP contribution in [0.25, 0.3) is 0 Å². The third-order valence-electron chi connectivity index (χ3n) is 3.75. The topological polar surface area (TPSA) is 41.1 Å². The van der Waals surface area contributed by atoms with Crippen LogP contribution in [0.15, 0.2) is 24.3 Å². The molecular weight excluding hydrogens is 236 g/mol. The van der Waals surface area contributed by atoms with Crippen LogP contribution in [0.5, 0.6) is 0 Å². The first-order valence-corrected chi connectivity index (χ1v) is 7.31. The normalized spacial score (nSPS) is 16.3. The van der Waals surface area contributed by atoms with Gasteiger partial charge in [-0.15, -0.1) is 0 Å². The predicted octanol–water partition coefficient (Wildman–Crippen LogP) is 3.10. The average molecular weight is 260 g/mol. The van der Waals surface area contributed by atoms with E-state index in [1.165, 1.54) is 32.1 Å². The highest BCUT2D eigenvalue weighted by molar-refractivity contribution is 5.92. The number of carbonyl (C=O) groups is 1. The number of anilines is 1. The first-order valence-electron chi connectivity index (χ1n) is 7.31. The first-order chi connectivity index (χ1) is 9.24. The molecule has 2 N–H and O–H groups in total. The van der Waals surface area contributed by atoms with E-state index >= 15 is 0 Å². The molecule has 3 heteroatoms. The van der Waals surface area contributed by atoms with Gasteiger partial charge in [-0.1, -0.05) is 31.4 Å². The summed E-state index contributed by atoms with van der Waals surface area (Å²) in [6.07, 6.45) is 6.70. The van der Waals surface area contributed by atoms with Gasteiger partial charge in [-0.25, -0.2) is 0 Å². The second kappa shape index (κ2) is 7.29. The van der Waals surface area contributed by atoms with Gasteiger partial charge in [0.2, 0.25) is 5.91 Å². The second-order valence-electron chi connectivity index (χ2n) is 5.55. The van der Waals surface area contributed by atoms with E-state index in [2.05, 4.69) is 10.6 Å². The highest BCUT2D eigenvalue weighted by Crippen LogP contribution is 2.22. The summed E-state index contributed by atoms with van der Waals surface area (Å²) in [5, 5.41) is 6.20. The Labute approximate surface area is 115 Å². The summed E-state index contributed by atoms with van der Waals surface area (Å²) in [6.45, 7) is 3.41. The SMILES string of the molecule is Cc1cccc(NC(=O)CNCC2CCCCC2)c1. The van der Waals surface area contributed by atoms with Gasteiger partial charge in [0.1, 0.15) is 0 Å². The number of nitrogens with one attached hydrogen (secondary N) is 2. The largest absolute Gasteiger partial charge is 0.325 e. The Morgan fingerprint density at radius 2 is 2.05 bits per heavy atom. The fourth-order valence-corrected chi connectivity index (χ4v) is 2.71. The Hall–Kier alpha value is -1.35. The summed E-state index contributed by atoms with van der Waals surface area (Å²) < 4.78 is 0. The van der Waals surface area contributed by atoms with E-state index in [-0.39, 0.29) is 5.91 Å². The molecule has 1 aromatic carbocycles. The molecule has 19 heavy (non-hydrogen) atoms. The number of hydrogen-bond donors (Lipinski definition) is 2. The van der Waals surface area contributed by atoms with Crippen LogP contribution in [0.4, 0.5) is 5.69 Å². The lowest BCUT2D eigenvalue weighted by atomic mass is 9.89. The van der Waals surface area contributed by atoms with Gasteiger partial charge in [0.25, 0.3) is 0 Å². The van der Waals surface area contributed by atoms with Crippen LogP contribution in [0.2, 0.25) is 0 Å². The lowest BCUT2D eigenvalue weighted by Gasteiger charge is -2.21. The van der Waals surface area contributed by atoms with Gasteiger partial charge < -0.3 is 10.6 Å². The highest BCUT2D eigenvalue weighted by atomic mass is 16.1. The van der Waals surface area contributed by atoms with E-state index < -0.39 is 0 Å². The van der Waals surface area contributed by atoms with Crippen molar-refractivity contribution in [1.29, 1.82) is 0 Å². The molecule has 0 aromatic heterocycles. The van der Waals surface area contributed by atoms with Gasteiger partial charge in [0.15, 0.2) is 0 Å². The summed E-state index contributed by atoms with van der Waals surface area (Å²) in [7, 11) is 0. The van der Waals surface area contributed by atoms with Crippen LogP contribution in [0, 0.1) is 12.8 Å². The van der Waals surface area contributed by atoms with Gasteiger partial charge in [0, 0.05) is 5.69 Å². The molecule has 0 saturated heterocycles.